The number of aryl methyl sites for hydroxylation is 2. The maximum absolute atomic E-state index is 7.28. The third-order valence-electron chi connectivity index (χ3n) is 10.6. The van der Waals surface area contributed by atoms with Gasteiger partial charge in [-0.3, -0.25) is 4.98 Å². The molecule has 0 unspecified atom stereocenters. The number of para-hydroxylation sites is 2. The normalized spacial score (nSPS) is 14.6. The summed E-state index contributed by atoms with van der Waals surface area (Å²) in [6.07, 6.45) is 1.30. The summed E-state index contributed by atoms with van der Waals surface area (Å²) in [5.74, 6) is 2.37. The number of fused-ring (bicyclic) bond motifs is 4. The van der Waals surface area contributed by atoms with Crippen LogP contribution in [0.15, 0.2) is 140 Å². The Morgan fingerprint density at radius 1 is 0.707 bits per heavy atom. The van der Waals surface area contributed by atoms with Gasteiger partial charge in [-0.25, -0.2) is 0 Å². The second kappa shape index (κ2) is 16.8. The van der Waals surface area contributed by atoms with E-state index in [1.54, 1.807) is 12.1 Å². The zero-order valence-corrected chi connectivity index (χ0v) is 36.9. The fourth-order valence-corrected chi connectivity index (χ4v) is 9.89. The van der Waals surface area contributed by atoms with E-state index in [0.717, 1.165) is 33.7 Å². The molecule has 6 aromatic carbocycles. The van der Waals surface area contributed by atoms with Crippen LogP contribution in [0.25, 0.3) is 61.6 Å². The van der Waals surface area contributed by atoms with Gasteiger partial charge >= 0.3 is 0 Å². The molecule has 0 saturated heterocycles. The molecule has 6 heteroatoms. The van der Waals surface area contributed by atoms with Crippen molar-refractivity contribution in [2.45, 2.75) is 66.3 Å². The van der Waals surface area contributed by atoms with Crippen molar-refractivity contribution in [2.75, 3.05) is 0 Å². The summed E-state index contributed by atoms with van der Waals surface area (Å²) in [6, 6.07) is 50.9. The van der Waals surface area contributed by atoms with Gasteiger partial charge in [-0.05, 0) is 100 Å². The second-order valence-electron chi connectivity index (χ2n) is 15.6. The molecule has 0 amide bonds. The summed E-state index contributed by atoms with van der Waals surface area (Å²) < 4.78 is 53.0. The zero-order valence-electron chi connectivity index (χ0n) is 39.5. The maximum Gasteiger partial charge on any atom is 0.264 e. The summed E-state index contributed by atoms with van der Waals surface area (Å²) in [5.41, 5.74) is 13.2. The van der Waals surface area contributed by atoms with Crippen LogP contribution in [0, 0.1) is 25.8 Å². The van der Waals surface area contributed by atoms with Crippen LogP contribution in [0.4, 0.5) is 0 Å². The minimum atomic E-state index is -2.22. The molecule has 1 radical (unpaired) electrons. The van der Waals surface area contributed by atoms with E-state index in [-0.39, 0.29) is 31.2 Å². The van der Waals surface area contributed by atoms with Crippen LogP contribution < -0.4 is 9.61 Å². The summed E-state index contributed by atoms with van der Waals surface area (Å²) in [7, 11) is -2.22. The Kier molecular flexibility index (Phi) is 9.74. The van der Waals surface area contributed by atoms with E-state index in [2.05, 4.69) is 160 Å². The smallest absolute Gasteiger partial charge is 0.264 e. The molecule has 2 aromatic heterocycles. The monoisotopic (exact) mass is 958 g/mol. The van der Waals surface area contributed by atoms with Crippen molar-refractivity contribution in [3.8, 4) is 56.3 Å². The van der Waals surface area contributed by atoms with Crippen LogP contribution in [0.1, 0.15) is 70.0 Å². The number of benzene rings is 6. The van der Waals surface area contributed by atoms with Crippen molar-refractivity contribution in [1.29, 1.82) is 0 Å². The van der Waals surface area contributed by atoms with Gasteiger partial charge in [-0.15, -0.1) is 53.6 Å². The summed E-state index contributed by atoms with van der Waals surface area (Å²) in [6.45, 7) is 9.40. The number of nitrogens with zero attached hydrogens (tertiary/aromatic N) is 3. The molecule has 0 spiro atoms. The average Bonchev–Trinajstić information content (AvgIpc) is 3.65. The molecular formula is C52H49IrN3OSi-2. The average molecular weight is 958 g/mol. The second-order valence-corrected chi connectivity index (χ2v) is 19.4. The van der Waals surface area contributed by atoms with Gasteiger partial charge in [0.05, 0.1) is 16.9 Å². The predicted molar refractivity (Wildman–Crippen MR) is 240 cm³/mol. The quantitative estimate of drug-likeness (QED) is 0.123. The minimum Gasteiger partial charge on any atom is -0.583 e. The molecule has 1 aliphatic heterocycles. The van der Waals surface area contributed by atoms with Gasteiger partial charge in [0.1, 0.15) is 0 Å². The summed E-state index contributed by atoms with van der Waals surface area (Å²) in [5, 5.41) is 1.33. The molecule has 293 valence electrons. The van der Waals surface area contributed by atoms with Gasteiger partial charge in [-0.2, -0.15) is 0 Å². The van der Waals surface area contributed by atoms with E-state index in [4.69, 9.17) is 17.6 Å². The van der Waals surface area contributed by atoms with E-state index in [1.807, 2.05) is 6.07 Å². The van der Waals surface area contributed by atoms with Crippen molar-refractivity contribution < 1.29 is 32.8 Å². The molecule has 0 aliphatic carbocycles. The Bertz CT molecular complexity index is 2840. The maximum atomic E-state index is 7.28. The number of hydrogen-bond acceptors (Lipinski definition) is 3. The van der Waals surface area contributed by atoms with Crippen LogP contribution in [0.2, 0.25) is 13.1 Å². The van der Waals surface area contributed by atoms with E-state index in [1.165, 1.54) is 63.1 Å². The number of aromatic nitrogens is 3. The van der Waals surface area contributed by atoms with Crippen molar-refractivity contribution in [3.05, 3.63) is 174 Å². The minimum absolute atomic E-state index is 0. The predicted octanol–water partition coefficient (Wildman–Crippen LogP) is 13.0. The Hall–Kier alpha value is -5.39. The zero-order chi connectivity index (χ0) is 44.8. The fourth-order valence-electron chi connectivity index (χ4n) is 7.69. The first-order valence-corrected chi connectivity index (χ1v) is 22.4. The first-order chi connectivity index (χ1) is 29.9. The number of imidazole rings is 1. The molecule has 0 saturated carbocycles. The molecule has 8 aromatic rings. The van der Waals surface area contributed by atoms with Gasteiger partial charge in [0.2, 0.25) is 0 Å². The van der Waals surface area contributed by atoms with Crippen LogP contribution in [0.5, 0.6) is 5.75 Å². The Balaban J connectivity index is 0.000000246. The van der Waals surface area contributed by atoms with Gasteiger partial charge in [-0.1, -0.05) is 125 Å². The van der Waals surface area contributed by atoms with Crippen LogP contribution in [-0.4, -0.2) is 22.9 Å². The molecule has 0 atom stereocenters. The van der Waals surface area contributed by atoms with Crippen molar-refractivity contribution in [2.24, 2.45) is 0 Å². The van der Waals surface area contributed by atoms with Gasteiger partial charge in [0.15, 0.2) is 0 Å². The van der Waals surface area contributed by atoms with Crippen LogP contribution in [0.3, 0.4) is 0 Å². The van der Waals surface area contributed by atoms with Gasteiger partial charge < -0.3 is 14.0 Å². The van der Waals surface area contributed by atoms with Gasteiger partial charge in [0.25, 0.3) is 8.32 Å². The molecule has 58 heavy (non-hydrogen) atoms. The number of pyridine rings is 1. The molecule has 0 fully saturated rings. The van der Waals surface area contributed by atoms with E-state index >= 15 is 0 Å². The van der Waals surface area contributed by atoms with Gasteiger partial charge in [0, 0.05) is 46.0 Å². The summed E-state index contributed by atoms with van der Waals surface area (Å²) in [4.78, 5) is 9.40. The Labute approximate surface area is 366 Å². The number of rotatable bonds is 6. The van der Waals surface area contributed by atoms with Crippen molar-refractivity contribution in [3.63, 3.8) is 0 Å². The standard InChI is InChI=1S/C39H37N2OSi.C13H12N.Ir/c1-25(2)32-23-28(27-15-8-7-9-16-27)24-33(26(3)4)37(32)41-35-21-12-11-20-34(35)40-39(41)31-19-14-18-30-29-17-10-13-22-36(29)43(5,6)42-38(30)31;1-10-3-6-12(7-4-10)13-8-5-11(2)9-14-13;/h7-18,20-26H,1-6H3;3-6,8-9H,1-2H3;/q2*-1;/i;1D3,2D3;. The van der Waals surface area contributed by atoms with E-state index < -0.39 is 22.0 Å². The fraction of sp³-hybridized carbons (Fsp3) is 0.192. The topological polar surface area (TPSA) is 39.9 Å². The molecule has 0 bridgehead atoms. The number of hydrogen-bond donors (Lipinski definition) is 0. The third-order valence-corrected chi connectivity index (χ3v) is 13.0. The SMILES string of the molecule is CC(C)c1cc(-c2ccccc2)cc(C(C)C)c1-n1c(-c2[c-]ccc3c2O[Si](C)(C)c2ccccc2-3)nc2ccccc21.[2H]C([2H])([2H])c1c[c-]c(-c2ccc(C([2H])([2H])[2H])cn2)cc1.[Ir]. The third kappa shape index (κ3) is 7.89. The first-order valence-electron chi connectivity index (χ1n) is 22.5. The molecular weight excluding hydrogens is 903 g/mol. The van der Waals surface area contributed by atoms with Crippen LogP contribution in [-0.2, 0) is 20.1 Å². The van der Waals surface area contributed by atoms with Crippen molar-refractivity contribution >= 4 is 24.5 Å². The summed E-state index contributed by atoms with van der Waals surface area (Å²) >= 11 is 0. The Morgan fingerprint density at radius 3 is 2.07 bits per heavy atom. The largest absolute Gasteiger partial charge is 0.583 e. The van der Waals surface area contributed by atoms with Crippen LogP contribution >= 0.6 is 0 Å². The molecule has 3 heterocycles. The van der Waals surface area contributed by atoms with E-state index in [9.17, 15) is 0 Å². The first kappa shape index (κ1) is 33.6. The molecule has 1 aliphatic rings. The molecule has 9 rings (SSSR count). The Morgan fingerprint density at radius 2 is 1.40 bits per heavy atom. The van der Waals surface area contributed by atoms with E-state index in [0.29, 0.717) is 23.1 Å². The molecule has 4 nitrogen and oxygen atoms in total. The molecule has 0 N–H and O–H groups in total. The van der Waals surface area contributed by atoms with Crippen molar-refractivity contribution in [1.82, 2.24) is 14.5 Å².